The van der Waals surface area contributed by atoms with Crippen LogP contribution in [0.3, 0.4) is 0 Å². The summed E-state index contributed by atoms with van der Waals surface area (Å²) in [5.74, 6) is -2.98. The van der Waals surface area contributed by atoms with Gasteiger partial charge in [-0.25, -0.2) is 14.4 Å². The summed E-state index contributed by atoms with van der Waals surface area (Å²) in [6, 6.07) is 0. The van der Waals surface area contributed by atoms with Crippen molar-refractivity contribution >= 4 is 18.2 Å². The van der Waals surface area contributed by atoms with Crippen LogP contribution in [0.4, 0.5) is 9.59 Å². The smallest absolute Gasteiger partial charge is 0.413 e. The molecule has 0 aromatic carbocycles. The van der Waals surface area contributed by atoms with E-state index in [-0.39, 0.29) is 13.1 Å². The third-order valence-electron chi connectivity index (χ3n) is 10.8. The molecular formula is C44H82N2O8. The zero-order valence-corrected chi connectivity index (χ0v) is 34.8. The number of carbonyl (C=O) groups excluding carboxylic acids is 2. The predicted molar refractivity (Wildman–Crippen MR) is 219 cm³/mol. The second kappa shape index (κ2) is 34.8. The first-order valence-corrected chi connectivity index (χ1v) is 22.6. The predicted octanol–water partition coefficient (Wildman–Crippen LogP) is 13.1. The second-order valence-corrected chi connectivity index (χ2v) is 15.7. The SMILES string of the molecule is CCCCCCCCCCCCCCCCCCN(CCN(CCCCCCCCCCCCCCCCCC)C(=O)OC1OC(=O)C(O)=C1O)C(=O)O. The van der Waals surface area contributed by atoms with Gasteiger partial charge in [0, 0.05) is 26.2 Å². The highest BCUT2D eigenvalue weighted by Crippen LogP contribution is 2.21. The molecule has 54 heavy (non-hydrogen) atoms. The molecule has 1 unspecified atom stereocenters. The molecule has 0 fully saturated rings. The van der Waals surface area contributed by atoms with Gasteiger partial charge in [0.15, 0.2) is 0 Å². The Balaban J connectivity index is 2.30. The third kappa shape index (κ3) is 26.2. The molecule has 316 valence electrons. The van der Waals surface area contributed by atoms with Crippen LogP contribution in [0.2, 0.25) is 0 Å². The lowest BCUT2D eigenvalue weighted by atomic mass is 10.0. The number of nitrogens with zero attached hydrogens (tertiary/aromatic N) is 2. The molecule has 1 aliphatic heterocycles. The van der Waals surface area contributed by atoms with E-state index in [1.807, 2.05) is 0 Å². The molecule has 10 heteroatoms. The summed E-state index contributed by atoms with van der Waals surface area (Å²) < 4.78 is 9.96. The van der Waals surface area contributed by atoms with Crippen LogP contribution in [0.5, 0.6) is 0 Å². The summed E-state index contributed by atoms with van der Waals surface area (Å²) in [5.41, 5.74) is 0. The quantitative estimate of drug-likeness (QED) is 0.0417. The van der Waals surface area contributed by atoms with Crippen molar-refractivity contribution < 1.29 is 39.2 Å². The molecule has 0 saturated carbocycles. The van der Waals surface area contributed by atoms with Gasteiger partial charge in [-0.15, -0.1) is 0 Å². The van der Waals surface area contributed by atoms with Gasteiger partial charge in [-0.3, -0.25) is 0 Å². The number of unbranched alkanes of at least 4 members (excludes halogenated alkanes) is 30. The molecule has 2 amide bonds. The van der Waals surface area contributed by atoms with E-state index < -0.39 is 36.0 Å². The highest BCUT2D eigenvalue weighted by Gasteiger charge is 2.38. The van der Waals surface area contributed by atoms with E-state index in [4.69, 9.17) is 9.47 Å². The number of aliphatic hydroxyl groups excluding tert-OH is 2. The van der Waals surface area contributed by atoms with Crippen molar-refractivity contribution in [3.63, 3.8) is 0 Å². The number of carboxylic acid groups (broad SMARTS) is 1. The first kappa shape index (κ1) is 49.4. The highest BCUT2D eigenvalue weighted by molar-refractivity contribution is 5.89. The number of aliphatic hydroxyl groups is 2. The summed E-state index contributed by atoms with van der Waals surface area (Å²) in [6.07, 6.45) is 36.3. The van der Waals surface area contributed by atoms with Crippen LogP contribution in [-0.4, -0.2) is 75.7 Å². The fourth-order valence-corrected chi connectivity index (χ4v) is 7.21. The number of amides is 2. The molecule has 0 aromatic heterocycles. The lowest BCUT2D eigenvalue weighted by Gasteiger charge is -2.27. The third-order valence-corrected chi connectivity index (χ3v) is 10.8. The molecule has 0 bridgehead atoms. The summed E-state index contributed by atoms with van der Waals surface area (Å²) in [5, 5.41) is 29.4. The minimum Gasteiger partial charge on any atom is -0.503 e. The number of hydrogen-bond acceptors (Lipinski definition) is 7. The highest BCUT2D eigenvalue weighted by atomic mass is 16.7. The lowest BCUT2D eigenvalue weighted by Crippen LogP contribution is -2.42. The Labute approximate surface area is 329 Å². The van der Waals surface area contributed by atoms with Crippen LogP contribution in [0, 0.1) is 0 Å². The van der Waals surface area contributed by atoms with E-state index in [1.54, 1.807) is 0 Å². The van der Waals surface area contributed by atoms with Crippen molar-refractivity contribution in [1.82, 2.24) is 9.80 Å². The average Bonchev–Trinajstić information content (AvgIpc) is 3.39. The van der Waals surface area contributed by atoms with Crippen molar-refractivity contribution in [3.05, 3.63) is 11.5 Å². The van der Waals surface area contributed by atoms with E-state index in [2.05, 4.69) is 13.8 Å². The van der Waals surface area contributed by atoms with Crippen LogP contribution in [0.1, 0.15) is 219 Å². The summed E-state index contributed by atoms with van der Waals surface area (Å²) >= 11 is 0. The van der Waals surface area contributed by atoms with Gasteiger partial charge in [0.25, 0.3) is 0 Å². The molecule has 10 nitrogen and oxygen atoms in total. The van der Waals surface area contributed by atoms with Crippen LogP contribution in [0.25, 0.3) is 0 Å². The molecule has 3 N–H and O–H groups in total. The average molecular weight is 767 g/mol. The topological polar surface area (TPSA) is 137 Å². The molecule has 0 radical (unpaired) electrons. The number of cyclic esters (lactones) is 1. The molecular weight excluding hydrogens is 684 g/mol. The van der Waals surface area contributed by atoms with E-state index in [0.29, 0.717) is 13.1 Å². The van der Waals surface area contributed by atoms with Crippen molar-refractivity contribution in [2.45, 2.75) is 226 Å². The number of carbonyl (C=O) groups is 3. The van der Waals surface area contributed by atoms with Gasteiger partial charge >= 0.3 is 24.4 Å². The summed E-state index contributed by atoms with van der Waals surface area (Å²) in [7, 11) is 0. The second-order valence-electron chi connectivity index (χ2n) is 15.7. The largest absolute Gasteiger partial charge is 0.503 e. The van der Waals surface area contributed by atoms with Gasteiger partial charge < -0.3 is 34.6 Å². The van der Waals surface area contributed by atoms with Gasteiger partial charge in [-0.2, -0.15) is 0 Å². The Morgan fingerprint density at radius 1 is 0.500 bits per heavy atom. The normalized spacial score (nSPS) is 14.1. The zero-order valence-electron chi connectivity index (χ0n) is 34.8. The number of ether oxygens (including phenoxy) is 2. The minimum atomic E-state index is -1.71. The van der Waals surface area contributed by atoms with Gasteiger partial charge in [-0.1, -0.05) is 206 Å². The number of esters is 1. The van der Waals surface area contributed by atoms with E-state index in [0.717, 1.165) is 44.9 Å². The maximum absolute atomic E-state index is 13.1. The summed E-state index contributed by atoms with van der Waals surface area (Å²) in [4.78, 5) is 39.5. The van der Waals surface area contributed by atoms with Crippen molar-refractivity contribution in [2.24, 2.45) is 0 Å². The molecule has 0 aromatic rings. The van der Waals surface area contributed by atoms with Crippen molar-refractivity contribution in [2.75, 3.05) is 26.2 Å². The molecule has 0 spiro atoms. The Morgan fingerprint density at radius 2 is 0.796 bits per heavy atom. The molecule has 1 rings (SSSR count). The first-order chi connectivity index (χ1) is 26.3. The van der Waals surface area contributed by atoms with E-state index >= 15 is 0 Å². The van der Waals surface area contributed by atoms with Gasteiger partial charge in [0.2, 0.25) is 11.5 Å². The van der Waals surface area contributed by atoms with E-state index in [1.165, 1.54) is 170 Å². The lowest BCUT2D eigenvalue weighted by molar-refractivity contribution is -0.157. The molecule has 0 aliphatic carbocycles. The molecule has 1 heterocycles. The first-order valence-electron chi connectivity index (χ1n) is 22.6. The van der Waals surface area contributed by atoms with Gasteiger partial charge in [-0.05, 0) is 12.8 Å². The zero-order chi connectivity index (χ0) is 39.5. The molecule has 1 aliphatic rings. The van der Waals surface area contributed by atoms with Crippen molar-refractivity contribution in [3.8, 4) is 0 Å². The Morgan fingerprint density at radius 3 is 1.09 bits per heavy atom. The van der Waals surface area contributed by atoms with Crippen LogP contribution < -0.4 is 0 Å². The Hall–Kier alpha value is -2.65. The Kier molecular flexibility index (Phi) is 31.8. The van der Waals surface area contributed by atoms with E-state index in [9.17, 15) is 29.7 Å². The number of hydrogen-bond donors (Lipinski definition) is 3. The fourth-order valence-electron chi connectivity index (χ4n) is 7.21. The fraction of sp³-hybridized carbons (Fsp3) is 0.886. The number of rotatable bonds is 38. The van der Waals surface area contributed by atoms with Crippen molar-refractivity contribution in [1.29, 1.82) is 0 Å². The monoisotopic (exact) mass is 767 g/mol. The maximum atomic E-state index is 13.1. The molecule has 1 atom stereocenters. The van der Waals surface area contributed by atoms with Crippen LogP contribution in [-0.2, 0) is 14.3 Å². The summed E-state index contributed by atoms with van der Waals surface area (Å²) in [6.45, 7) is 5.50. The standard InChI is InChI=1S/C44H82N2O8/c1-3-5-7-9-11-13-15-17-19-21-23-25-27-29-31-33-35-45(43(50)51)37-38-46(44(52)54-42-40(48)39(47)41(49)53-42)36-34-32-30-28-26-24-22-20-18-16-14-12-10-8-6-4-2/h42,47-48H,3-38H2,1-2H3,(H,50,51). The maximum Gasteiger partial charge on any atom is 0.413 e. The molecule has 0 saturated heterocycles. The van der Waals surface area contributed by atoms with Gasteiger partial charge in [0.05, 0.1) is 0 Å². The van der Waals surface area contributed by atoms with Gasteiger partial charge in [0.1, 0.15) is 0 Å². The minimum absolute atomic E-state index is 0.111. The van der Waals surface area contributed by atoms with Crippen LogP contribution in [0.15, 0.2) is 11.5 Å². The van der Waals surface area contributed by atoms with Crippen LogP contribution >= 0.6 is 0 Å². The Bertz CT molecular complexity index is 974.